The first-order valence-electron chi connectivity index (χ1n) is 10.0. The molecule has 0 radical (unpaired) electrons. The average molecular weight is 384 g/mol. The third-order valence-electron chi connectivity index (χ3n) is 5.62. The maximum absolute atomic E-state index is 13.7. The number of carbonyl (C=O) groups excluding carboxylic acids is 1. The summed E-state index contributed by atoms with van der Waals surface area (Å²) in [6, 6.07) is 16.8. The Kier molecular flexibility index (Phi) is 7.18. The van der Waals surface area contributed by atoms with Crippen LogP contribution in [0.1, 0.15) is 24.5 Å². The number of benzene rings is 2. The number of amides is 1. The standard InChI is InChI=1S/C23H30FN3O/c1-18(23(28)25-14-21-10-6-7-11-22(21)24)26(2)15-20-12-13-27(17-20)16-19-8-4-3-5-9-19/h3-11,18,20H,12-17H2,1-2H3,(H,25,28)/t18-,20-/m0/s1. The van der Waals surface area contributed by atoms with Crippen LogP contribution in [0.15, 0.2) is 54.6 Å². The van der Waals surface area contributed by atoms with Gasteiger partial charge in [-0.1, -0.05) is 48.5 Å². The van der Waals surface area contributed by atoms with Crippen LogP contribution in [-0.2, 0) is 17.9 Å². The van der Waals surface area contributed by atoms with Gasteiger partial charge in [0, 0.05) is 31.7 Å². The van der Waals surface area contributed by atoms with Gasteiger partial charge >= 0.3 is 0 Å². The summed E-state index contributed by atoms with van der Waals surface area (Å²) >= 11 is 0. The van der Waals surface area contributed by atoms with Crippen molar-refractivity contribution in [2.45, 2.75) is 32.5 Å². The van der Waals surface area contributed by atoms with Crippen molar-refractivity contribution < 1.29 is 9.18 Å². The Morgan fingerprint density at radius 1 is 1.21 bits per heavy atom. The molecule has 4 nitrogen and oxygen atoms in total. The Hall–Kier alpha value is -2.24. The van der Waals surface area contributed by atoms with E-state index in [1.165, 1.54) is 11.6 Å². The lowest BCUT2D eigenvalue weighted by molar-refractivity contribution is -0.125. The fraction of sp³-hybridized carbons (Fsp3) is 0.435. The van der Waals surface area contributed by atoms with Crippen LogP contribution in [0, 0.1) is 11.7 Å². The number of carbonyl (C=O) groups is 1. The molecule has 0 spiro atoms. The minimum Gasteiger partial charge on any atom is -0.351 e. The highest BCUT2D eigenvalue weighted by Gasteiger charge is 2.26. The van der Waals surface area contributed by atoms with Crippen molar-refractivity contribution in [1.29, 1.82) is 0 Å². The minimum absolute atomic E-state index is 0.0649. The zero-order valence-electron chi connectivity index (χ0n) is 16.8. The summed E-state index contributed by atoms with van der Waals surface area (Å²) in [6.45, 7) is 6.16. The molecule has 0 aromatic heterocycles. The molecule has 1 fully saturated rings. The maximum Gasteiger partial charge on any atom is 0.237 e. The number of hydrogen-bond acceptors (Lipinski definition) is 3. The monoisotopic (exact) mass is 383 g/mol. The van der Waals surface area contributed by atoms with Crippen molar-refractivity contribution >= 4 is 5.91 Å². The Morgan fingerprint density at radius 3 is 2.68 bits per heavy atom. The zero-order valence-corrected chi connectivity index (χ0v) is 16.8. The predicted octanol–water partition coefficient (Wildman–Crippen LogP) is 3.28. The average Bonchev–Trinajstić information content (AvgIpc) is 3.14. The highest BCUT2D eigenvalue weighted by molar-refractivity contribution is 5.81. The van der Waals surface area contributed by atoms with Crippen LogP contribution in [0.25, 0.3) is 0 Å². The summed E-state index contributed by atoms with van der Waals surface area (Å²) in [6.07, 6.45) is 1.15. The van der Waals surface area contributed by atoms with E-state index in [2.05, 4.69) is 39.4 Å². The zero-order chi connectivity index (χ0) is 19.9. The second-order valence-corrected chi connectivity index (χ2v) is 7.80. The maximum atomic E-state index is 13.7. The van der Waals surface area contributed by atoms with Crippen molar-refractivity contribution in [3.05, 3.63) is 71.5 Å². The Balaban J connectivity index is 1.43. The lowest BCUT2D eigenvalue weighted by Crippen LogP contribution is -2.45. The second-order valence-electron chi connectivity index (χ2n) is 7.80. The molecule has 1 heterocycles. The molecule has 0 aliphatic carbocycles. The van der Waals surface area contributed by atoms with Crippen LogP contribution in [0.2, 0.25) is 0 Å². The molecule has 5 heteroatoms. The molecular formula is C23H30FN3O. The van der Waals surface area contributed by atoms with E-state index in [0.29, 0.717) is 11.5 Å². The molecule has 0 bridgehead atoms. The molecule has 0 unspecified atom stereocenters. The summed E-state index contributed by atoms with van der Waals surface area (Å²) in [5.74, 6) is 0.216. The number of nitrogens with zero attached hydrogens (tertiary/aromatic N) is 2. The molecule has 3 rings (SSSR count). The van der Waals surface area contributed by atoms with Crippen LogP contribution in [-0.4, -0.2) is 48.4 Å². The lowest BCUT2D eigenvalue weighted by Gasteiger charge is -2.27. The SMILES string of the molecule is C[C@@H](C(=O)NCc1ccccc1F)N(C)C[C@@H]1CCN(Cc2ccccc2)C1. The third kappa shape index (κ3) is 5.63. The van der Waals surface area contributed by atoms with E-state index in [1.54, 1.807) is 18.2 Å². The molecule has 0 saturated carbocycles. The van der Waals surface area contributed by atoms with Crippen LogP contribution in [0.5, 0.6) is 0 Å². The summed E-state index contributed by atoms with van der Waals surface area (Å²) in [5, 5.41) is 2.86. The summed E-state index contributed by atoms with van der Waals surface area (Å²) in [7, 11) is 1.99. The van der Waals surface area contributed by atoms with Crippen molar-refractivity contribution in [1.82, 2.24) is 15.1 Å². The van der Waals surface area contributed by atoms with Gasteiger partial charge in [0.15, 0.2) is 0 Å². The van der Waals surface area contributed by atoms with Gasteiger partial charge in [-0.3, -0.25) is 14.6 Å². The van der Waals surface area contributed by atoms with Crippen molar-refractivity contribution in [2.24, 2.45) is 5.92 Å². The number of nitrogens with one attached hydrogen (secondary N) is 1. The number of likely N-dealkylation sites (N-methyl/N-ethyl adjacent to an activating group) is 1. The summed E-state index contributed by atoms with van der Waals surface area (Å²) < 4.78 is 13.7. The molecule has 28 heavy (non-hydrogen) atoms. The Morgan fingerprint density at radius 2 is 1.93 bits per heavy atom. The van der Waals surface area contributed by atoms with Crippen molar-refractivity contribution in [3.8, 4) is 0 Å². The molecule has 1 aliphatic heterocycles. The summed E-state index contributed by atoms with van der Waals surface area (Å²) in [5.41, 5.74) is 1.86. The van der Waals surface area contributed by atoms with E-state index < -0.39 is 0 Å². The third-order valence-corrected chi connectivity index (χ3v) is 5.62. The number of rotatable bonds is 8. The first kappa shape index (κ1) is 20.5. The van der Waals surface area contributed by atoms with Crippen molar-refractivity contribution in [2.75, 3.05) is 26.7 Å². The van der Waals surface area contributed by atoms with E-state index in [9.17, 15) is 9.18 Å². The van der Waals surface area contributed by atoms with Crippen LogP contribution < -0.4 is 5.32 Å². The first-order valence-corrected chi connectivity index (χ1v) is 10.0. The van der Waals surface area contributed by atoms with Gasteiger partial charge in [0.05, 0.1) is 6.04 Å². The van der Waals surface area contributed by atoms with Gasteiger partial charge in [0.2, 0.25) is 5.91 Å². The molecule has 150 valence electrons. The van der Waals surface area contributed by atoms with E-state index >= 15 is 0 Å². The highest BCUT2D eigenvalue weighted by Crippen LogP contribution is 2.20. The molecular weight excluding hydrogens is 353 g/mol. The molecule has 1 N–H and O–H groups in total. The summed E-state index contributed by atoms with van der Waals surface area (Å²) in [4.78, 5) is 17.1. The predicted molar refractivity (Wildman–Crippen MR) is 110 cm³/mol. The van der Waals surface area contributed by atoms with E-state index in [4.69, 9.17) is 0 Å². The number of halogens is 1. The fourth-order valence-electron chi connectivity index (χ4n) is 3.78. The molecule has 2 atom stereocenters. The Labute approximate surface area is 167 Å². The van der Waals surface area contributed by atoms with Gasteiger partial charge in [0.1, 0.15) is 5.82 Å². The van der Waals surface area contributed by atoms with Gasteiger partial charge in [-0.15, -0.1) is 0 Å². The van der Waals surface area contributed by atoms with Crippen LogP contribution in [0.3, 0.4) is 0 Å². The molecule has 2 aromatic carbocycles. The molecule has 1 aliphatic rings. The topological polar surface area (TPSA) is 35.6 Å². The largest absolute Gasteiger partial charge is 0.351 e. The fourth-order valence-corrected chi connectivity index (χ4v) is 3.78. The van der Waals surface area contributed by atoms with Gasteiger partial charge in [-0.05, 0) is 44.5 Å². The van der Waals surface area contributed by atoms with Crippen LogP contribution in [0.4, 0.5) is 4.39 Å². The normalized spacial score (nSPS) is 18.4. The van der Waals surface area contributed by atoms with E-state index in [0.717, 1.165) is 32.6 Å². The number of likely N-dealkylation sites (tertiary alicyclic amines) is 1. The molecule has 1 saturated heterocycles. The minimum atomic E-state index is -0.284. The second kappa shape index (κ2) is 9.80. The Bertz CT molecular complexity index is 767. The van der Waals surface area contributed by atoms with Gasteiger partial charge in [-0.25, -0.2) is 4.39 Å². The molecule has 2 aromatic rings. The van der Waals surface area contributed by atoms with E-state index in [-0.39, 0.29) is 24.3 Å². The smallest absolute Gasteiger partial charge is 0.237 e. The van der Waals surface area contributed by atoms with Gasteiger partial charge in [0.25, 0.3) is 0 Å². The quantitative estimate of drug-likeness (QED) is 0.760. The van der Waals surface area contributed by atoms with Gasteiger partial charge < -0.3 is 5.32 Å². The lowest BCUT2D eigenvalue weighted by atomic mass is 10.1. The molecule has 1 amide bonds. The van der Waals surface area contributed by atoms with Gasteiger partial charge in [-0.2, -0.15) is 0 Å². The number of hydrogen-bond donors (Lipinski definition) is 1. The van der Waals surface area contributed by atoms with Crippen molar-refractivity contribution in [3.63, 3.8) is 0 Å². The highest BCUT2D eigenvalue weighted by atomic mass is 19.1. The first-order chi connectivity index (χ1) is 13.5. The van der Waals surface area contributed by atoms with Crippen LogP contribution >= 0.6 is 0 Å². The van der Waals surface area contributed by atoms with E-state index in [1.807, 2.05) is 20.0 Å².